The minimum Gasteiger partial charge on any atom is -0.368 e. The largest absolute Gasteiger partial charge is 0.368 e. The second-order valence-electron chi connectivity index (χ2n) is 3.78. The van der Waals surface area contributed by atoms with Crippen LogP contribution in [0.3, 0.4) is 0 Å². The molecule has 16 heavy (non-hydrogen) atoms. The van der Waals surface area contributed by atoms with E-state index >= 15 is 0 Å². The molecular formula is C10H20N6. The van der Waals surface area contributed by atoms with Crippen molar-refractivity contribution in [2.75, 3.05) is 37.9 Å². The number of nitrogens with one attached hydrogen (secondary N) is 2. The molecule has 1 rings (SSSR count). The van der Waals surface area contributed by atoms with Crippen molar-refractivity contribution in [1.82, 2.24) is 14.9 Å². The van der Waals surface area contributed by atoms with Gasteiger partial charge in [-0.1, -0.05) is 6.92 Å². The second-order valence-corrected chi connectivity index (χ2v) is 3.78. The SMILES string of the molecule is CCc1c(NN)ncnc1NCCN(C)C. The van der Waals surface area contributed by atoms with Crippen molar-refractivity contribution < 1.29 is 0 Å². The van der Waals surface area contributed by atoms with E-state index in [0.29, 0.717) is 5.82 Å². The van der Waals surface area contributed by atoms with E-state index < -0.39 is 0 Å². The van der Waals surface area contributed by atoms with E-state index in [0.717, 1.165) is 30.9 Å². The number of aromatic nitrogens is 2. The highest BCUT2D eigenvalue weighted by Gasteiger charge is 2.07. The van der Waals surface area contributed by atoms with Crippen LogP contribution in [0.2, 0.25) is 0 Å². The van der Waals surface area contributed by atoms with Crippen LogP contribution in [0.1, 0.15) is 12.5 Å². The Kier molecular flexibility index (Phi) is 4.94. The van der Waals surface area contributed by atoms with Crippen LogP contribution in [0.15, 0.2) is 6.33 Å². The van der Waals surface area contributed by atoms with Crippen molar-refractivity contribution >= 4 is 11.6 Å². The van der Waals surface area contributed by atoms with Gasteiger partial charge in [0.25, 0.3) is 0 Å². The number of hydrogen-bond acceptors (Lipinski definition) is 6. The summed E-state index contributed by atoms with van der Waals surface area (Å²) in [5.41, 5.74) is 3.60. The fourth-order valence-corrected chi connectivity index (χ4v) is 1.42. The molecule has 0 aliphatic carbocycles. The van der Waals surface area contributed by atoms with Gasteiger partial charge in [-0.15, -0.1) is 0 Å². The Morgan fingerprint density at radius 1 is 1.31 bits per heavy atom. The maximum atomic E-state index is 5.40. The highest BCUT2D eigenvalue weighted by molar-refractivity contribution is 5.56. The molecule has 0 atom stereocenters. The fraction of sp³-hybridized carbons (Fsp3) is 0.600. The summed E-state index contributed by atoms with van der Waals surface area (Å²) >= 11 is 0. The first-order valence-corrected chi connectivity index (χ1v) is 5.38. The van der Waals surface area contributed by atoms with Crippen LogP contribution < -0.4 is 16.6 Å². The third-order valence-corrected chi connectivity index (χ3v) is 2.29. The maximum Gasteiger partial charge on any atom is 0.148 e. The molecule has 6 heteroatoms. The maximum absolute atomic E-state index is 5.40. The highest BCUT2D eigenvalue weighted by Crippen LogP contribution is 2.18. The molecule has 1 aromatic heterocycles. The van der Waals surface area contributed by atoms with Crippen molar-refractivity contribution in [3.63, 3.8) is 0 Å². The summed E-state index contributed by atoms with van der Waals surface area (Å²) in [6, 6.07) is 0. The van der Waals surface area contributed by atoms with E-state index in [-0.39, 0.29) is 0 Å². The molecule has 0 bridgehead atoms. The second kappa shape index (κ2) is 6.24. The van der Waals surface area contributed by atoms with Crippen molar-refractivity contribution in [3.8, 4) is 0 Å². The van der Waals surface area contributed by atoms with Crippen LogP contribution in [-0.2, 0) is 6.42 Å². The predicted octanol–water partition coefficient (Wildman–Crippen LogP) is 0.298. The monoisotopic (exact) mass is 224 g/mol. The molecule has 0 aromatic carbocycles. The van der Waals surface area contributed by atoms with Crippen molar-refractivity contribution in [3.05, 3.63) is 11.9 Å². The number of nitrogens with zero attached hydrogens (tertiary/aromatic N) is 3. The molecule has 1 aromatic rings. The zero-order valence-corrected chi connectivity index (χ0v) is 10.1. The number of rotatable bonds is 6. The summed E-state index contributed by atoms with van der Waals surface area (Å²) in [4.78, 5) is 10.4. The molecule has 1 heterocycles. The Bertz CT molecular complexity index is 325. The van der Waals surface area contributed by atoms with Crippen molar-refractivity contribution in [1.29, 1.82) is 0 Å². The molecule has 0 fully saturated rings. The van der Waals surface area contributed by atoms with E-state index in [1.807, 2.05) is 14.1 Å². The molecule has 6 nitrogen and oxygen atoms in total. The predicted molar refractivity (Wildman–Crippen MR) is 66.3 cm³/mol. The van der Waals surface area contributed by atoms with Gasteiger partial charge in [-0.05, 0) is 20.5 Å². The number of hydrazine groups is 1. The topological polar surface area (TPSA) is 79.1 Å². The van der Waals surface area contributed by atoms with Gasteiger partial charge in [0.1, 0.15) is 18.0 Å². The molecule has 90 valence electrons. The summed E-state index contributed by atoms with van der Waals surface area (Å²) in [5.74, 6) is 6.93. The van der Waals surface area contributed by atoms with Crippen LogP contribution >= 0.6 is 0 Å². The summed E-state index contributed by atoms with van der Waals surface area (Å²) in [5, 5.41) is 3.28. The Balaban J connectivity index is 2.71. The third kappa shape index (κ3) is 3.32. The number of anilines is 2. The molecule has 4 N–H and O–H groups in total. The van der Waals surface area contributed by atoms with E-state index in [4.69, 9.17) is 5.84 Å². The first-order valence-electron chi connectivity index (χ1n) is 5.38. The molecule has 0 aliphatic heterocycles. The minimum atomic E-state index is 0.685. The van der Waals surface area contributed by atoms with Gasteiger partial charge in [0, 0.05) is 18.7 Å². The quantitative estimate of drug-likeness (QED) is 0.476. The van der Waals surface area contributed by atoms with Crippen molar-refractivity contribution in [2.45, 2.75) is 13.3 Å². The number of likely N-dealkylation sites (N-methyl/N-ethyl adjacent to an activating group) is 1. The first kappa shape index (κ1) is 12.7. The van der Waals surface area contributed by atoms with Gasteiger partial charge in [0.15, 0.2) is 0 Å². The lowest BCUT2D eigenvalue weighted by Gasteiger charge is -2.14. The van der Waals surface area contributed by atoms with E-state index in [1.165, 1.54) is 6.33 Å². The molecular weight excluding hydrogens is 204 g/mol. The summed E-state index contributed by atoms with van der Waals surface area (Å²) in [6.07, 6.45) is 2.34. The van der Waals surface area contributed by atoms with Crippen LogP contribution in [0.5, 0.6) is 0 Å². The first-order chi connectivity index (χ1) is 7.69. The number of nitrogens with two attached hydrogens (primary N) is 1. The lowest BCUT2D eigenvalue weighted by Crippen LogP contribution is -2.22. The normalized spacial score (nSPS) is 10.6. The summed E-state index contributed by atoms with van der Waals surface area (Å²) < 4.78 is 0. The van der Waals surface area contributed by atoms with E-state index in [1.54, 1.807) is 0 Å². The van der Waals surface area contributed by atoms with Crippen LogP contribution in [0.4, 0.5) is 11.6 Å². The molecule has 0 amide bonds. The molecule has 0 radical (unpaired) electrons. The average molecular weight is 224 g/mol. The van der Waals surface area contributed by atoms with Gasteiger partial charge in [0.2, 0.25) is 0 Å². The number of hydrogen-bond donors (Lipinski definition) is 3. The van der Waals surface area contributed by atoms with Crippen molar-refractivity contribution in [2.24, 2.45) is 5.84 Å². The Labute approximate surface area is 96.2 Å². The Morgan fingerprint density at radius 3 is 2.56 bits per heavy atom. The van der Waals surface area contributed by atoms with Gasteiger partial charge in [-0.3, -0.25) is 0 Å². The fourth-order valence-electron chi connectivity index (χ4n) is 1.42. The van der Waals surface area contributed by atoms with Crippen LogP contribution in [0.25, 0.3) is 0 Å². The lowest BCUT2D eigenvalue weighted by atomic mass is 10.2. The molecule has 0 unspecified atom stereocenters. The molecule has 0 spiro atoms. The standard InChI is InChI=1S/C10H20N6/c1-4-8-9(12-5-6-16(2)3)13-7-14-10(8)15-11/h7H,4-6,11H2,1-3H3,(H2,12,13,14,15). The third-order valence-electron chi connectivity index (χ3n) is 2.29. The van der Waals surface area contributed by atoms with Gasteiger partial charge in [-0.2, -0.15) is 0 Å². The average Bonchev–Trinajstić information content (AvgIpc) is 2.28. The van der Waals surface area contributed by atoms with E-state index in [2.05, 4.69) is 32.5 Å². The van der Waals surface area contributed by atoms with Gasteiger partial charge < -0.3 is 15.6 Å². The summed E-state index contributed by atoms with van der Waals surface area (Å²) in [6.45, 7) is 3.86. The smallest absolute Gasteiger partial charge is 0.148 e. The highest BCUT2D eigenvalue weighted by atomic mass is 15.3. The lowest BCUT2D eigenvalue weighted by molar-refractivity contribution is 0.425. The van der Waals surface area contributed by atoms with Gasteiger partial charge in [0.05, 0.1) is 0 Å². The number of nitrogen functional groups attached to an aromatic ring is 1. The Hall–Kier alpha value is -1.40. The molecule has 0 saturated heterocycles. The van der Waals surface area contributed by atoms with Gasteiger partial charge in [-0.25, -0.2) is 15.8 Å². The zero-order chi connectivity index (χ0) is 12.0. The minimum absolute atomic E-state index is 0.685. The zero-order valence-electron chi connectivity index (χ0n) is 10.1. The summed E-state index contributed by atoms with van der Waals surface area (Å²) in [7, 11) is 4.07. The van der Waals surface area contributed by atoms with E-state index in [9.17, 15) is 0 Å². The van der Waals surface area contributed by atoms with Crippen LogP contribution in [-0.4, -0.2) is 42.1 Å². The molecule has 0 saturated carbocycles. The molecule has 0 aliphatic rings. The Morgan fingerprint density at radius 2 is 2.00 bits per heavy atom. The van der Waals surface area contributed by atoms with Crippen LogP contribution in [0, 0.1) is 0 Å². The van der Waals surface area contributed by atoms with Gasteiger partial charge >= 0.3 is 0 Å².